The van der Waals surface area contributed by atoms with Crippen LogP contribution in [-0.2, 0) is 24.0 Å². The summed E-state index contributed by atoms with van der Waals surface area (Å²) in [4.78, 5) is 62.8. The number of ether oxygens (including phenoxy) is 1. The van der Waals surface area contributed by atoms with Crippen LogP contribution >= 0.6 is 0 Å². The van der Waals surface area contributed by atoms with Crippen molar-refractivity contribution >= 4 is 35.4 Å². The smallest absolute Gasteiger partial charge is 0.348 e. The minimum atomic E-state index is -1.85. The van der Waals surface area contributed by atoms with Crippen molar-refractivity contribution in [1.82, 2.24) is 15.6 Å². The van der Waals surface area contributed by atoms with Crippen molar-refractivity contribution < 1.29 is 38.9 Å². The molecule has 29 heavy (non-hydrogen) atoms. The fourth-order valence-electron chi connectivity index (χ4n) is 2.46. The molecule has 12 heteroatoms. The van der Waals surface area contributed by atoms with E-state index in [2.05, 4.69) is 20.9 Å². The second kappa shape index (κ2) is 8.54. The lowest BCUT2D eigenvalue weighted by Gasteiger charge is -2.33. The Labute approximate surface area is 164 Å². The van der Waals surface area contributed by atoms with Gasteiger partial charge < -0.3 is 30.9 Å². The number of fused-ring (bicyclic) bond motifs is 1. The lowest BCUT2D eigenvalue weighted by Crippen LogP contribution is -2.62. The van der Waals surface area contributed by atoms with Gasteiger partial charge in [-0.1, -0.05) is 0 Å². The third kappa shape index (κ3) is 4.97. The predicted octanol–water partition coefficient (Wildman–Crippen LogP) is -0.890. The molecule has 1 aromatic heterocycles. The molecule has 0 fully saturated rings. The van der Waals surface area contributed by atoms with Crippen molar-refractivity contribution in [2.24, 2.45) is 0 Å². The number of aromatic nitrogens is 1. The van der Waals surface area contributed by atoms with E-state index in [1.807, 2.05) is 0 Å². The Hall–Kier alpha value is -3.70. The van der Waals surface area contributed by atoms with E-state index < -0.39 is 53.8 Å². The monoisotopic (exact) mass is 408 g/mol. The predicted molar refractivity (Wildman–Crippen MR) is 95.9 cm³/mol. The molecular formula is C17H20N4O8. The number of amides is 2. The van der Waals surface area contributed by atoms with Crippen LogP contribution in [-0.4, -0.2) is 62.5 Å². The Balaban J connectivity index is 2.03. The van der Waals surface area contributed by atoms with Gasteiger partial charge in [0.1, 0.15) is 12.1 Å². The van der Waals surface area contributed by atoms with Crippen molar-refractivity contribution in [3.05, 3.63) is 18.3 Å². The molecule has 2 amide bonds. The minimum Gasteiger partial charge on any atom is -0.481 e. The number of hydrogen-bond acceptors (Lipinski definition) is 8. The summed E-state index contributed by atoms with van der Waals surface area (Å²) in [7, 11) is 0. The lowest BCUT2D eigenvalue weighted by molar-refractivity contribution is -0.146. The highest BCUT2D eigenvalue weighted by Gasteiger charge is 2.47. The largest absolute Gasteiger partial charge is 0.481 e. The number of carboxylic acids is 2. The van der Waals surface area contributed by atoms with E-state index in [9.17, 15) is 24.0 Å². The first kappa shape index (κ1) is 21.6. The lowest BCUT2D eigenvalue weighted by atomic mass is 9.99. The number of rotatable bonds is 8. The molecule has 0 saturated carbocycles. The number of carbonyl (C=O) groups excluding carboxylic acids is 3. The quantitative estimate of drug-likeness (QED) is 0.267. The molecule has 2 heterocycles. The molecule has 0 spiro atoms. The second-order valence-corrected chi connectivity index (χ2v) is 6.52. The number of carboxylic acid groups (broad SMARTS) is 2. The van der Waals surface area contributed by atoms with Crippen LogP contribution < -0.4 is 20.7 Å². The summed E-state index contributed by atoms with van der Waals surface area (Å²) in [5.74, 6) is -5.28. The molecule has 1 aromatic rings. The Morgan fingerprint density at radius 1 is 1.28 bits per heavy atom. The van der Waals surface area contributed by atoms with Gasteiger partial charge >= 0.3 is 17.9 Å². The van der Waals surface area contributed by atoms with E-state index in [1.165, 1.54) is 20.0 Å². The van der Waals surface area contributed by atoms with Crippen LogP contribution in [0.15, 0.2) is 18.3 Å². The number of esters is 1. The molecule has 1 aliphatic rings. The van der Waals surface area contributed by atoms with Crippen molar-refractivity contribution in [1.29, 1.82) is 0 Å². The molecule has 1 unspecified atom stereocenters. The molecule has 1 aliphatic heterocycles. The summed E-state index contributed by atoms with van der Waals surface area (Å²) in [6.07, 6.45) is 0.623. The molecule has 3 atom stereocenters. The van der Waals surface area contributed by atoms with Gasteiger partial charge in [0, 0.05) is 12.6 Å². The number of carbonyl (C=O) groups is 5. The molecular weight excluding hydrogens is 388 g/mol. The molecule has 0 radical (unpaired) electrons. The zero-order valence-corrected chi connectivity index (χ0v) is 15.6. The van der Waals surface area contributed by atoms with Crippen molar-refractivity contribution in [2.75, 3.05) is 5.32 Å². The molecule has 0 bridgehead atoms. The normalized spacial score (nSPS) is 19.6. The molecule has 0 aliphatic carbocycles. The average molecular weight is 408 g/mol. The summed E-state index contributed by atoms with van der Waals surface area (Å²) in [6.45, 7) is 2.55. The van der Waals surface area contributed by atoms with Gasteiger partial charge in [-0.2, -0.15) is 0 Å². The van der Waals surface area contributed by atoms with Crippen molar-refractivity contribution in [3.63, 3.8) is 0 Å². The Bertz CT molecular complexity index is 858. The molecule has 12 nitrogen and oxygen atoms in total. The fourth-order valence-corrected chi connectivity index (χ4v) is 2.46. The second-order valence-electron chi connectivity index (χ2n) is 6.52. The third-order valence-corrected chi connectivity index (χ3v) is 4.21. The van der Waals surface area contributed by atoms with Gasteiger partial charge in [0.25, 0.3) is 5.91 Å². The van der Waals surface area contributed by atoms with E-state index in [4.69, 9.17) is 14.9 Å². The van der Waals surface area contributed by atoms with Crippen LogP contribution in [0.2, 0.25) is 0 Å². The van der Waals surface area contributed by atoms with E-state index in [-0.39, 0.29) is 12.3 Å². The van der Waals surface area contributed by atoms with Gasteiger partial charge in [-0.15, -0.1) is 0 Å². The number of anilines is 1. The number of hydrogen-bond donors (Lipinski definition) is 5. The van der Waals surface area contributed by atoms with Crippen LogP contribution in [0, 0.1) is 0 Å². The van der Waals surface area contributed by atoms with Gasteiger partial charge in [0.05, 0.1) is 5.69 Å². The topological polar surface area (TPSA) is 184 Å². The molecule has 156 valence electrons. The number of nitrogens with one attached hydrogen (secondary N) is 3. The van der Waals surface area contributed by atoms with E-state index in [0.29, 0.717) is 5.69 Å². The van der Waals surface area contributed by atoms with Gasteiger partial charge in [-0.05, 0) is 32.4 Å². The number of pyridine rings is 1. The van der Waals surface area contributed by atoms with E-state index in [1.54, 1.807) is 12.1 Å². The van der Waals surface area contributed by atoms with Crippen LogP contribution in [0.25, 0.3) is 0 Å². The van der Waals surface area contributed by atoms with Crippen LogP contribution in [0.3, 0.4) is 0 Å². The summed E-state index contributed by atoms with van der Waals surface area (Å²) < 4.78 is 5.05. The molecule has 5 N–H and O–H groups in total. The van der Waals surface area contributed by atoms with Crippen LogP contribution in [0.1, 0.15) is 26.7 Å². The van der Waals surface area contributed by atoms with Gasteiger partial charge in [0.2, 0.25) is 17.3 Å². The summed E-state index contributed by atoms with van der Waals surface area (Å²) in [5.41, 5.74) is -1.54. The summed E-state index contributed by atoms with van der Waals surface area (Å²) in [6, 6.07) is 0.471. The van der Waals surface area contributed by atoms with Crippen LogP contribution in [0.5, 0.6) is 5.88 Å². The minimum absolute atomic E-state index is 0.0105. The van der Waals surface area contributed by atoms with Gasteiger partial charge in [0.15, 0.2) is 0 Å². The summed E-state index contributed by atoms with van der Waals surface area (Å²) in [5, 5.41) is 24.9. The zero-order valence-electron chi connectivity index (χ0n) is 15.6. The first-order valence-corrected chi connectivity index (χ1v) is 8.56. The van der Waals surface area contributed by atoms with E-state index in [0.717, 1.165) is 0 Å². The number of aliphatic carboxylic acids is 2. The first-order valence-electron chi connectivity index (χ1n) is 8.56. The highest BCUT2D eigenvalue weighted by molar-refractivity contribution is 6.12. The maximum atomic E-state index is 12.6. The maximum absolute atomic E-state index is 12.6. The third-order valence-electron chi connectivity index (χ3n) is 4.21. The highest BCUT2D eigenvalue weighted by Crippen LogP contribution is 2.30. The first-order chi connectivity index (χ1) is 13.5. The molecule has 2 rings (SSSR count). The zero-order chi connectivity index (χ0) is 21.8. The maximum Gasteiger partial charge on any atom is 0.348 e. The fraction of sp³-hybridized carbons (Fsp3) is 0.412. The molecule has 0 aromatic carbocycles. The SMILES string of the molecule is C[C@H](NC(=O)C1(C)Nc2cccnc2OC1=O)C(=O)N[C@H](CCC(=O)O)C(=O)O. The van der Waals surface area contributed by atoms with Crippen LogP contribution in [0.4, 0.5) is 5.69 Å². The van der Waals surface area contributed by atoms with Crippen molar-refractivity contribution in [2.45, 2.75) is 44.3 Å². The van der Waals surface area contributed by atoms with Gasteiger partial charge in [-0.3, -0.25) is 14.4 Å². The number of nitrogens with zero attached hydrogens (tertiary/aromatic N) is 1. The van der Waals surface area contributed by atoms with Crippen molar-refractivity contribution in [3.8, 4) is 5.88 Å². The van der Waals surface area contributed by atoms with Gasteiger partial charge in [-0.25, -0.2) is 14.6 Å². The van der Waals surface area contributed by atoms with E-state index >= 15 is 0 Å². The Morgan fingerprint density at radius 3 is 2.59 bits per heavy atom. The Morgan fingerprint density at radius 2 is 1.97 bits per heavy atom. The molecule has 0 saturated heterocycles. The average Bonchev–Trinajstić information content (AvgIpc) is 2.65. The standard InChI is InChI=1S/C17H20N4O8/c1-8(12(24)20-10(14(25)26)5-6-11(22)23)19-15(27)17(2)16(28)29-13-9(21-17)4-3-7-18-13/h3-4,7-8,10,21H,5-6H2,1-2H3,(H,19,27)(H,20,24)(H,22,23)(H,25,26)/t8-,10+,17?/m0/s1. The Kier molecular flexibility index (Phi) is 6.36. The highest BCUT2D eigenvalue weighted by atomic mass is 16.5. The summed E-state index contributed by atoms with van der Waals surface area (Å²) >= 11 is 0.